The number of carbonyl (C=O) groups is 2. The van der Waals surface area contributed by atoms with Gasteiger partial charge in [-0.1, -0.05) is 18.2 Å². The van der Waals surface area contributed by atoms with Gasteiger partial charge in [0.05, 0.1) is 0 Å². The molecule has 1 saturated heterocycles. The molecule has 1 fully saturated rings. The quantitative estimate of drug-likeness (QED) is 0.650. The summed E-state index contributed by atoms with van der Waals surface area (Å²) in [5.74, 6) is -0.815. The van der Waals surface area contributed by atoms with Crippen molar-refractivity contribution in [1.82, 2.24) is 10.2 Å². The number of hydrogen-bond donors (Lipinski definition) is 3. The van der Waals surface area contributed by atoms with E-state index >= 15 is 0 Å². The van der Waals surface area contributed by atoms with Gasteiger partial charge in [-0.2, -0.15) is 0 Å². The second-order valence-electron chi connectivity index (χ2n) is 4.61. The van der Waals surface area contributed by atoms with Gasteiger partial charge >= 0.3 is 0 Å². The van der Waals surface area contributed by atoms with Gasteiger partial charge in [-0.05, 0) is 11.6 Å². The molecule has 0 bridgehead atoms. The van der Waals surface area contributed by atoms with E-state index in [0.29, 0.717) is 25.2 Å². The predicted octanol–water partition coefficient (Wildman–Crippen LogP) is -0.955. The van der Waals surface area contributed by atoms with Crippen LogP contribution in [0.3, 0.4) is 0 Å². The first-order valence-electron chi connectivity index (χ1n) is 6.21. The number of nitrogens with two attached hydrogens (primary N) is 2. The van der Waals surface area contributed by atoms with Gasteiger partial charge in [0, 0.05) is 31.7 Å². The van der Waals surface area contributed by atoms with E-state index < -0.39 is 5.91 Å². The van der Waals surface area contributed by atoms with E-state index in [2.05, 4.69) is 5.32 Å². The first-order chi connectivity index (χ1) is 9.09. The maximum atomic E-state index is 11.4. The van der Waals surface area contributed by atoms with Crippen molar-refractivity contribution >= 4 is 11.8 Å². The number of amides is 2. The van der Waals surface area contributed by atoms with Crippen LogP contribution in [0.2, 0.25) is 0 Å². The van der Waals surface area contributed by atoms with E-state index in [1.54, 1.807) is 12.1 Å². The van der Waals surface area contributed by atoms with Crippen LogP contribution in [0.1, 0.15) is 15.9 Å². The van der Waals surface area contributed by atoms with Gasteiger partial charge in [0.15, 0.2) is 0 Å². The maximum absolute atomic E-state index is 11.4. The lowest BCUT2D eigenvalue weighted by molar-refractivity contribution is -0.124. The van der Waals surface area contributed by atoms with Crippen molar-refractivity contribution in [2.45, 2.75) is 12.6 Å². The average Bonchev–Trinajstić information content (AvgIpc) is 2.39. The highest BCUT2D eigenvalue weighted by molar-refractivity contribution is 5.94. The fourth-order valence-electron chi connectivity index (χ4n) is 2.33. The zero-order valence-corrected chi connectivity index (χ0v) is 10.6. The molecule has 0 aliphatic carbocycles. The van der Waals surface area contributed by atoms with Crippen LogP contribution in [0.5, 0.6) is 0 Å². The standard InChI is InChI=1S/C13H18N4O2/c14-12(18)10-4-2-1-3-9(10)8-17-6-5-16-7-11(17)13(15)19/h1-4,11,16H,5-8H2,(H2,14,18)(H2,15,19). The highest BCUT2D eigenvalue weighted by atomic mass is 16.1. The fraction of sp³-hybridized carbons (Fsp3) is 0.385. The number of piperazine rings is 1. The molecule has 1 aliphatic rings. The maximum Gasteiger partial charge on any atom is 0.249 e. The van der Waals surface area contributed by atoms with Crippen LogP contribution >= 0.6 is 0 Å². The van der Waals surface area contributed by atoms with Gasteiger partial charge in [-0.15, -0.1) is 0 Å². The van der Waals surface area contributed by atoms with Gasteiger partial charge in [-0.25, -0.2) is 0 Å². The van der Waals surface area contributed by atoms with Crippen molar-refractivity contribution < 1.29 is 9.59 Å². The van der Waals surface area contributed by atoms with Gasteiger partial charge < -0.3 is 16.8 Å². The minimum atomic E-state index is -0.457. The molecule has 6 heteroatoms. The highest BCUT2D eigenvalue weighted by Crippen LogP contribution is 2.14. The van der Waals surface area contributed by atoms with Gasteiger partial charge in [0.25, 0.3) is 0 Å². The smallest absolute Gasteiger partial charge is 0.249 e. The summed E-state index contributed by atoms with van der Waals surface area (Å²) in [7, 11) is 0. The number of rotatable bonds is 4. The summed E-state index contributed by atoms with van der Waals surface area (Å²) in [6.45, 7) is 2.53. The molecule has 6 nitrogen and oxygen atoms in total. The van der Waals surface area contributed by atoms with Crippen molar-refractivity contribution in [1.29, 1.82) is 0 Å². The molecule has 1 aromatic carbocycles. The lowest BCUT2D eigenvalue weighted by Gasteiger charge is -2.34. The van der Waals surface area contributed by atoms with Gasteiger partial charge in [0.1, 0.15) is 6.04 Å². The van der Waals surface area contributed by atoms with E-state index in [9.17, 15) is 9.59 Å². The van der Waals surface area contributed by atoms with E-state index in [4.69, 9.17) is 11.5 Å². The molecule has 2 amide bonds. The van der Waals surface area contributed by atoms with E-state index in [0.717, 1.165) is 12.1 Å². The molecule has 0 spiro atoms. The molecular formula is C13H18N4O2. The molecule has 1 heterocycles. The van der Waals surface area contributed by atoms with Crippen LogP contribution in [0.15, 0.2) is 24.3 Å². The van der Waals surface area contributed by atoms with Gasteiger partial charge in [0.2, 0.25) is 11.8 Å². The Hall–Kier alpha value is -1.92. The Labute approximate surface area is 111 Å². The Bertz CT molecular complexity index is 489. The second kappa shape index (κ2) is 5.81. The first-order valence-corrected chi connectivity index (χ1v) is 6.21. The van der Waals surface area contributed by atoms with Gasteiger partial charge in [-0.3, -0.25) is 14.5 Å². The molecule has 19 heavy (non-hydrogen) atoms. The topological polar surface area (TPSA) is 101 Å². The summed E-state index contributed by atoms with van der Waals surface area (Å²) in [5.41, 5.74) is 12.1. The number of nitrogens with one attached hydrogen (secondary N) is 1. The van der Waals surface area contributed by atoms with E-state index in [-0.39, 0.29) is 11.9 Å². The van der Waals surface area contributed by atoms with Crippen LogP contribution in [-0.4, -0.2) is 42.4 Å². The van der Waals surface area contributed by atoms with Crippen molar-refractivity contribution in [3.63, 3.8) is 0 Å². The molecule has 102 valence electrons. The SMILES string of the molecule is NC(=O)c1ccccc1CN1CCNCC1C(N)=O. The lowest BCUT2D eigenvalue weighted by atomic mass is 10.0. The zero-order valence-electron chi connectivity index (χ0n) is 10.6. The third-order valence-electron chi connectivity index (χ3n) is 3.34. The third-order valence-corrected chi connectivity index (χ3v) is 3.34. The third kappa shape index (κ3) is 3.10. The molecule has 1 aliphatic heterocycles. The van der Waals surface area contributed by atoms with Crippen molar-refractivity contribution in [3.05, 3.63) is 35.4 Å². The number of benzene rings is 1. The summed E-state index contributed by atoms with van der Waals surface area (Å²) in [6, 6.07) is 6.81. The molecule has 1 atom stereocenters. The fourth-order valence-corrected chi connectivity index (χ4v) is 2.33. The molecular weight excluding hydrogens is 244 g/mol. The lowest BCUT2D eigenvalue weighted by Crippen LogP contribution is -2.56. The molecule has 5 N–H and O–H groups in total. The summed E-state index contributed by atoms with van der Waals surface area (Å²) < 4.78 is 0. The molecule has 0 saturated carbocycles. The van der Waals surface area contributed by atoms with Crippen LogP contribution in [0.25, 0.3) is 0 Å². The minimum absolute atomic E-state index is 0.352. The summed E-state index contributed by atoms with van der Waals surface area (Å²) in [5, 5.41) is 3.14. The minimum Gasteiger partial charge on any atom is -0.368 e. The van der Waals surface area contributed by atoms with Crippen molar-refractivity contribution in [3.8, 4) is 0 Å². The molecule has 1 aromatic rings. The Balaban J connectivity index is 2.19. The second-order valence-corrected chi connectivity index (χ2v) is 4.61. The van der Waals surface area contributed by atoms with Crippen LogP contribution in [-0.2, 0) is 11.3 Å². The van der Waals surface area contributed by atoms with Crippen LogP contribution < -0.4 is 16.8 Å². The number of carbonyl (C=O) groups excluding carboxylic acids is 2. The predicted molar refractivity (Wildman–Crippen MR) is 71.2 cm³/mol. The number of primary amides is 2. The first kappa shape index (κ1) is 13.5. The highest BCUT2D eigenvalue weighted by Gasteiger charge is 2.27. The Kier molecular flexibility index (Phi) is 4.13. The Morgan fingerprint density at radius 3 is 2.74 bits per heavy atom. The normalized spacial score (nSPS) is 20.1. The molecule has 0 aromatic heterocycles. The summed E-state index contributed by atoms with van der Waals surface area (Å²) in [6.07, 6.45) is 0. The number of hydrogen-bond acceptors (Lipinski definition) is 4. The molecule has 1 unspecified atom stereocenters. The Morgan fingerprint density at radius 1 is 1.32 bits per heavy atom. The zero-order chi connectivity index (χ0) is 13.8. The van der Waals surface area contributed by atoms with Crippen LogP contribution in [0.4, 0.5) is 0 Å². The summed E-state index contributed by atoms with van der Waals surface area (Å²) >= 11 is 0. The molecule has 2 rings (SSSR count). The molecule has 0 radical (unpaired) electrons. The largest absolute Gasteiger partial charge is 0.368 e. The Morgan fingerprint density at radius 2 is 2.05 bits per heavy atom. The summed E-state index contributed by atoms with van der Waals surface area (Å²) in [4.78, 5) is 24.8. The van der Waals surface area contributed by atoms with Crippen molar-refractivity contribution in [2.24, 2.45) is 11.5 Å². The van der Waals surface area contributed by atoms with E-state index in [1.165, 1.54) is 0 Å². The monoisotopic (exact) mass is 262 g/mol. The van der Waals surface area contributed by atoms with E-state index in [1.807, 2.05) is 17.0 Å². The number of nitrogens with zero attached hydrogens (tertiary/aromatic N) is 1. The van der Waals surface area contributed by atoms with Crippen molar-refractivity contribution in [2.75, 3.05) is 19.6 Å². The van der Waals surface area contributed by atoms with Crippen LogP contribution in [0, 0.1) is 0 Å². The average molecular weight is 262 g/mol.